The number of aromatic amines is 1. The van der Waals surface area contributed by atoms with E-state index in [1.165, 1.54) is 50.5 Å². The summed E-state index contributed by atoms with van der Waals surface area (Å²) in [5.74, 6) is 0.979. The number of hydrogen-bond donors (Lipinski definition) is 1. The molecule has 2 saturated carbocycles. The molecule has 2 aromatic heterocycles. The minimum Gasteiger partial charge on any atom is -0.322 e. The van der Waals surface area contributed by atoms with Crippen molar-refractivity contribution in [3.05, 3.63) is 51.6 Å². The van der Waals surface area contributed by atoms with Crippen molar-refractivity contribution in [1.29, 1.82) is 0 Å². The molecule has 0 unspecified atom stereocenters. The smallest absolute Gasteiger partial charge is 0.252 e. The third kappa shape index (κ3) is 4.67. The van der Waals surface area contributed by atoms with Crippen LogP contribution in [-0.2, 0) is 13.0 Å². The lowest BCUT2D eigenvalue weighted by atomic mass is 9.95. The zero-order chi connectivity index (χ0) is 23.5. The van der Waals surface area contributed by atoms with Gasteiger partial charge in [-0.3, -0.25) is 9.69 Å². The predicted octanol–water partition coefficient (Wildman–Crippen LogP) is 5.48. The van der Waals surface area contributed by atoms with E-state index in [0.29, 0.717) is 18.6 Å². The third-order valence-corrected chi connectivity index (χ3v) is 8.06. The van der Waals surface area contributed by atoms with Gasteiger partial charge < -0.3 is 4.98 Å². The Bertz CT molecular complexity index is 1160. The number of nitrogens with one attached hydrogen (secondary N) is 1. The van der Waals surface area contributed by atoms with Gasteiger partial charge in [0.25, 0.3) is 5.56 Å². The van der Waals surface area contributed by atoms with Crippen LogP contribution in [0.2, 0.25) is 0 Å². The molecule has 0 radical (unpaired) electrons. The topological polar surface area (TPSA) is 79.7 Å². The maximum Gasteiger partial charge on any atom is 0.252 e. The van der Waals surface area contributed by atoms with Crippen LogP contribution in [0.1, 0.15) is 107 Å². The van der Waals surface area contributed by atoms with Gasteiger partial charge in [0.05, 0.1) is 12.1 Å². The van der Waals surface area contributed by atoms with Crippen LogP contribution < -0.4 is 5.56 Å². The number of aryl methyl sites for hydroxylation is 1. The second-order valence-electron chi connectivity index (χ2n) is 10.2. The highest BCUT2D eigenvalue weighted by Gasteiger charge is 2.34. The number of rotatable bonds is 8. The summed E-state index contributed by atoms with van der Waals surface area (Å²) >= 11 is 0. The summed E-state index contributed by atoms with van der Waals surface area (Å²) in [5.41, 5.74) is 3.05. The van der Waals surface area contributed by atoms with Crippen LogP contribution in [-0.4, -0.2) is 36.1 Å². The number of fused-ring (bicyclic) bond motifs is 1. The van der Waals surface area contributed by atoms with Gasteiger partial charge in [-0.2, -0.15) is 0 Å². The molecule has 2 fully saturated rings. The molecule has 1 N–H and O–H groups in total. The van der Waals surface area contributed by atoms with Gasteiger partial charge in [-0.05, 0) is 78.1 Å². The molecule has 2 heterocycles. The fraction of sp³-hybridized carbons (Fsp3) is 0.630. The largest absolute Gasteiger partial charge is 0.322 e. The molecule has 0 bridgehead atoms. The molecule has 7 heteroatoms. The van der Waals surface area contributed by atoms with Crippen LogP contribution in [0.4, 0.5) is 0 Å². The van der Waals surface area contributed by atoms with Gasteiger partial charge in [-0.15, -0.1) is 5.10 Å². The first-order chi connectivity index (χ1) is 16.7. The van der Waals surface area contributed by atoms with E-state index in [-0.39, 0.29) is 11.6 Å². The van der Waals surface area contributed by atoms with Crippen LogP contribution in [0.5, 0.6) is 0 Å². The summed E-state index contributed by atoms with van der Waals surface area (Å²) < 4.78 is 2.12. The molecule has 182 valence electrons. The Morgan fingerprint density at radius 1 is 1.06 bits per heavy atom. The average Bonchev–Trinajstić information content (AvgIpc) is 3.57. The van der Waals surface area contributed by atoms with E-state index in [9.17, 15) is 4.79 Å². The Morgan fingerprint density at radius 3 is 2.56 bits per heavy atom. The molecule has 2 aliphatic carbocycles. The quantitative estimate of drug-likeness (QED) is 0.480. The number of tetrazole rings is 1. The molecule has 1 atom stereocenters. The van der Waals surface area contributed by atoms with Crippen molar-refractivity contribution in [1.82, 2.24) is 30.1 Å². The number of H-pyrrole nitrogens is 1. The summed E-state index contributed by atoms with van der Waals surface area (Å²) in [6.07, 6.45) is 12.9. The fourth-order valence-electron chi connectivity index (χ4n) is 6.14. The number of pyridine rings is 1. The van der Waals surface area contributed by atoms with E-state index in [1.807, 2.05) is 6.07 Å². The van der Waals surface area contributed by atoms with Gasteiger partial charge in [0.15, 0.2) is 5.82 Å². The monoisotopic (exact) mass is 462 g/mol. The first-order valence-corrected chi connectivity index (χ1v) is 13.4. The molecule has 5 rings (SSSR count). The lowest BCUT2D eigenvalue weighted by Crippen LogP contribution is -2.39. The maximum atomic E-state index is 13.1. The van der Waals surface area contributed by atoms with Gasteiger partial charge in [-0.25, -0.2) is 4.68 Å². The van der Waals surface area contributed by atoms with Crippen LogP contribution in [0.3, 0.4) is 0 Å². The zero-order valence-corrected chi connectivity index (χ0v) is 20.7. The van der Waals surface area contributed by atoms with Gasteiger partial charge in [-0.1, -0.05) is 52.0 Å². The van der Waals surface area contributed by atoms with E-state index in [2.05, 4.69) is 62.1 Å². The second-order valence-corrected chi connectivity index (χ2v) is 10.2. The van der Waals surface area contributed by atoms with Crippen molar-refractivity contribution in [3.8, 4) is 0 Å². The lowest BCUT2D eigenvalue weighted by molar-refractivity contribution is 0.109. The highest BCUT2D eigenvalue weighted by Crippen LogP contribution is 2.36. The maximum absolute atomic E-state index is 13.1. The van der Waals surface area contributed by atoms with Gasteiger partial charge in [0, 0.05) is 23.7 Å². The van der Waals surface area contributed by atoms with E-state index < -0.39 is 0 Å². The minimum atomic E-state index is 0.0153. The third-order valence-electron chi connectivity index (χ3n) is 8.06. The summed E-state index contributed by atoms with van der Waals surface area (Å²) in [7, 11) is 0. The normalized spacial score (nSPS) is 18.8. The summed E-state index contributed by atoms with van der Waals surface area (Å²) in [5, 5.41) is 14.3. The molecule has 0 spiro atoms. The van der Waals surface area contributed by atoms with E-state index in [0.717, 1.165) is 48.0 Å². The van der Waals surface area contributed by atoms with Crippen LogP contribution in [0.15, 0.2) is 29.1 Å². The number of aromatic nitrogens is 5. The molecule has 34 heavy (non-hydrogen) atoms. The Kier molecular flexibility index (Phi) is 7.09. The minimum absolute atomic E-state index is 0.0153. The molecular weight excluding hydrogens is 424 g/mol. The molecular formula is C27H38N6O. The molecule has 3 aromatic rings. The van der Waals surface area contributed by atoms with E-state index >= 15 is 0 Å². The van der Waals surface area contributed by atoms with Crippen LogP contribution in [0.25, 0.3) is 10.9 Å². The highest BCUT2D eigenvalue weighted by atomic mass is 16.1. The van der Waals surface area contributed by atoms with Crippen molar-refractivity contribution in [3.63, 3.8) is 0 Å². The highest BCUT2D eigenvalue weighted by molar-refractivity contribution is 5.79. The molecule has 2 aliphatic rings. The number of hydrogen-bond acceptors (Lipinski definition) is 5. The standard InChI is InChI=1S/C27H38N6O/c1-3-19-14-15-24-20(16-19)17-21(27(34)28-24)18-32(22-10-8-9-11-22)25(4-2)26-29-30-31-33(26)23-12-6-5-7-13-23/h14-17,22-23,25H,3-13,18H2,1-2H3,(H,28,34)/t25-/m0/s1. The Morgan fingerprint density at radius 2 is 1.82 bits per heavy atom. The first kappa shape index (κ1) is 23.2. The number of nitrogens with zero attached hydrogens (tertiary/aromatic N) is 5. The zero-order valence-electron chi connectivity index (χ0n) is 20.7. The number of benzene rings is 1. The van der Waals surface area contributed by atoms with Crippen molar-refractivity contribution >= 4 is 10.9 Å². The summed E-state index contributed by atoms with van der Waals surface area (Å²) in [4.78, 5) is 18.8. The van der Waals surface area contributed by atoms with Crippen molar-refractivity contribution in [2.24, 2.45) is 0 Å². The second kappa shape index (κ2) is 10.4. The van der Waals surface area contributed by atoms with Gasteiger partial charge in [0.1, 0.15) is 0 Å². The van der Waals surface area contributed by atoms with Crippen LogP contribution in [0, 0.1) is 0 Å². The molecule has 1 aromatic carbocycles. The summed E-state index contributed by atoms with van der Waals surface area (Å²) in [6, 6.07) is 9.40. The van der Waals surface area contributed by atoms with Crippen molar-refractivity contribution in [2.75, 3.05) is 0 Å². The van der Waals surface area contributed by atoms with E-state index in [1.54, 1.807) is 0 Å². The Hall–Kier alpha value is -2.54. The first-order valence-electron chi connectivity index (χ1n) is 13.4. The van der Waals surface area contributed by atoms with Gasteiger partial charge >= 0.3 is 0 Å². The molecule has 7 nitrogen and oxygen atoms in total. The van der Waals surface area contributed by atoms with E-state index in [4.69, 9.17) is 0 Å². The van der Waals surface area contributed by atoms with Crippen LogP contribution >= 0.6 is 0 Å². The molecule has 0 aliphatic heterocycles. The van der Waals surface area contributed by atoms with Gasteiger partial charge in [0.2, 0.25) is 0 Å². The fourth-order valence-corrected chi connectivity index (χ4v) is 6.14. The SMILES string of the molecule is CCc1ccc2[nH]c(=O)c(CN(C3CCCC3)[C@@H](CC)c3nnnn3C3CCCCC3)cc2c1. The average molecular weight is 463 g/mol. The molecule has 0 saturated heterocycles. The predicted molar refractivity (Wildman–Crippen MR) is 135 cm³/mol. The molecule has 0 amide bonds. The Balaban J connectivity index is 1.50. The lowest BCUT2D eigenvalue weighted by Gasteiger charge is -2.36. The Labute approximate surface area is 201 Å². The van der Waals surface area contributed by atoms with Crippen molar-refractivity contribution in [2.45, 2.75) is 109 Å². The van der Waals surface area contributed by atoms with Crippen molar-refractivity contribution < 1.29 is 0 Å². The summed E-state index contributed by atoms with van der Waals surface area (Å²) in [6.45, 7) is 5.02.